The number of fused-ring (bicyclic) bond motifs is 2. The number of rotatable bonds is 8. The number of hydrogen-bond acceptors (Lipinski definition) is 5. The molecule has 5 heteroatoms. The maximum atomic E-state index is 12.4. The Labute approximate surface area is 155 Å². The number of piperidine rings is 1. The van der Waals surface area contributed by atoms with Gasteiger partial charge in [0.15, 0.2) is 0 Å². The minimum Gasteiger partial charge on any atom is -0.500 e. The lowest BCUT2D eigenvalue weighted by atomic mass is 9.85. The molecule has 26 heavy (non-hydrogen) atoms. The summed E-state index contributed by atoms with van der Waals surface area (Å²) >= 11 is 0. The normalized spacial score (nSPS) is 24.9. The average molecular weight is 357 g/mol. The number of nitrogens with zero attached hydrogens (tertiary/aromatic N) is 1. The molecule has 1 fully saturated rings. The first-order valence-corrected chi connectivity index (χ1v) is 9.13. The van der Waals surface area contributed by atoms with Crippen LogP contribution in [-0.4, -0.2) is 50.3 Å². The number of carbonyl (C=O) groups excluding carboxylic acids is 1. The standard InChI is InChI=1S/C21H27NO4/c1-3-11-26-21(23)19-13-22-12-17(20(19)24-2)9-10-18(22)15-25-14-16-7-5-4-6-8-16/h3-8,17-18H,1,9-15H2,2H3. The van der Waals surface area contributed by atoms with Gasteiger partial charge < -0.3 is 14.2 Å². The fraction of sp³-hybridized carbons (Fsp3) is 0.476. The maximum Gasteiger partial charge on any atom is 0.339 e. The smallest absolute Gasteiger partial charge is 0.339 e. The van der Waals surface area contributed by atoms with Gasteiger partial charge in [-0.25, -0.2) is 4.79 Å². The predicted molar refractivity (Wildman–Crippen MR) is 99.4 cm³/mol. The predicted octanol–water partition coefficient (Wildman–Crippen LogP) is 2.93. The van der Waals surface area contributed by atoms with Crippen LogP contribution in [0.3, 0.4) is 0 Å². The summed E-state index contributed by atoms with van der Waals surface area (Å²) in [5, 5.41) is 0. The van der Waals surface area contributed by atoms with E-state index in [0.717, 1.165) is 25.1 Å². The van der Waals surface area contributed by atoms with Crippen LogP contribution in [0.5, 0.6) is 0 Å². The number of ether oxygens (including phenoxy) is 3. The summed E-state index contributed by atoms with van der Waals surface area (Å²) in [6.45, 7) is 6.54. The summed E-state index contributed by atoms with van der Waals surface area (Å²) in [6.07, 6.45) is 3.62. The summed E-state index contributed by atoms with van der Waals surface area (Å²) < 4.78 is 16.8. The molecule has 0 aromatic heterocycles. The number of carbonyl (C=O) groups is 1. The van der Waals surface area contributed by atoms with E-state index in [1.54, 1.807) is 13.2 Å². The minimum atomic E-state index is -0.303. The van der Waals surface area contributed by atoms with Crippen LogP contribution in [-0.2, 0) is 25.6 Å². The van der Waals surface area contributed by atoms with Gasteiger partial charge in [0.25, 0.3) is 0 Å². The van der Waals surface area contributed by atoms with Crippen molar-refractivity contribution in [3.63, 3.8) is 0 Å². The van der Waals surface area contributed by atoms with E-state index >= 15 is 0 Å². The number of esters is 1. The lowest BCUT2D eigenvalue weighted by molar-refractivity contribution is -0.139. The second-order valence-corrected chi connectivity index (χ2v) is 6.79. The van der Waals surface area contributed by atoms with Crippen LogP contribution >= 0.6 is 0 Å². The highest BCUT2D eigenvalue weighted by Crippen LogP contribution is 2.35. The highest BCUT2D eigenvalue weighted by Gasteiger charge is 2.39. The van der Waals surface area contributed by atoms with E-state index in [1.807, 2.05) is 18.2 Å². The Morgan fingerprint density at radius 2 is 2.12 bits per heavy atom. The molecule has 0 N–H and O–H groups in total. The molecule has 1 aromatic rings. The van der Waals surface area contributed by atoms with Crippen molar-refractivity contribution in [1.29, 1.82) is 0 Å². The first-order chi connectivity index (χ1) is 12.7. The van der Waals surface area contributed by atoms with Gasteiger partial charge in [0.1, 0.15) is 12.4 Å². The number of benzene rings is 1. The Kier molecular flexibility index (Phi) is 6.47. The van der Waals surface area contributed by atoms with E-state index in [1.165, 1.54) is 5.56 Å². The molecular formula is C21H27NO4. The molecule has 1 saturated heterocycles. The molecule has 1 aromatic carbocycles. The van der Waals surface area contributed by atoms with Crippen molar-refractivity contribution < 1.29 is 19.0 Å². The SMILES string of the molecule is C=CCOC(=O)C1=C(OC)C2CCC(COCc3ccccc3)N(C1)C2. The summed E-state index contributed by atoms with van der Waals surface area (Å²) in [7, 11) is 1.64. The second-order valence-electron chi connectivity index (χ2n) is 6.79. The lowest BCUT2D eigenvalue weighted by Crippen LogP contribution is -2.51. The Hall–Kier alpha value is -2.11. The molecule has 0 radical (unpaired) electrons. The Bertz CT molecular complexity index is 655. The van der Waals surface area contributed by atoms with Gasteiger partial charge in [-0.2, -0.15) is 0 Å². The van der Waals surface area contributed by atoms with Gasteiger partial charge in [0, 0.05) is 25.0 Å². The van der Waals surface area contributed by atoms with Crippen LogP contribution < -0.4 is 0 Å². The summed E-state index contributed by atoms with van der Waals surface area (Å²) in [6, 6.07) is 10.5. The molecule has 2 bridgehead atoms. The Morgan fingerprint density at radius 1 is 1.31 bits per heavy atom. The summed E-state index contributed by atoms with van der Waals surface area (Å²) in [4.78, 5) is 14.7. The van der Waals surface area contributed by atoms with Gasteiger partial charge in [-0.05, 0) is 18.4 Å². The molecule has 2 aliphatic heterocycles. The van der Waals surface area contributed by atoms with Crippen molar-refractivity contribution in [2.45, 2.75) is 25.5 Å². The van der Waals surface area contributed by atoms with Crippen LogP contribution in [0.2, 0.25) is 0 Å². The third-order valence-electron chi connectivity index (χ3n) is 5.07. The molecule has 0 amide bonds. The average Bonchev–Trinajstić information content (AvgIpc) is 2.68. The molecule has 5 nitrogen and oxygen atoms in total. The topological polar surface area (TPSA) is 48.0 Å². The number of hydrogen-bond donors (Lipinski definition) is 0. The highest BCUT2D eigenvalue weighted by molar-refractivity contribution is 5.90. The third kappa shape index (κ3) is 4.34. The molecule has 0 spiro atoms. The molecule has 3 unspecified atom stereocenters. The monoisotopic (exact) mass is 357 g/mol. The van der Waals surface area contributed by atoms with Gasteiger partial charge in [0.05, 0.1) is 25.9 Å². The molecule has 140 valence electrons. The molecule has 2 heterocycles. The van der Waals surface area contributed by atoms with Crippen molar-refractivity contribution >= 4 is 5.97 Å². The van der Waals surface area contributed by atoms with Crippen molar-refractivity contribution in [2.75, 3.05) is 33.4 Å². The van der Waals surface area contributed by atoms with E-state index < -0.39 is 0 Å². The molecule has 3 atom stereocenters. The molecular weight excluding hydrogens is 330 g/mol. The van der Waals surface area contributed by atoms with Crippen molar-refractivity contribution in [3.05, 3.63) is 59.9 Å². The summed E-state index contributed by atoms with van der Waals surface area (Å²) in [5.41, 5.74) is 1.81. The zero-order valence-corrected chi connectivity index (χ0v) is 15.4. The molecule has 3 rings (SSSR count). The van der Waals surface area contributed by atoms with Gasteiger partial charge in [-0.1, -0.05) is 43.0 Å². The van der Waals surface area contributed by atoms with E-state index in [9.17, 15) is 4.79 Å². The first kappa shape index (κ1) is 18.7. The maximum absolute atomic E-state index is 12.4. The fourth-order valence-electron chi connectivity index (χ4n) is 3.79. The third-order valence-corrected chi connectivity index (χ3v) is 5.07. The van der Waals surface area contributed by atoms with Crippen LogP contribution in [0.4, 0.5) is 0 Å². The second kappa shape index (κ2) is 9.01. The zero-order chi connectivity index (χ0) is 18.4. The Balaban J connectivity index is 1.61. The Morgan fingerprint density at radius 3 is 2.85 bits per heavy atom. The van der Waals surface area contributed by atoms with Gasteiger partial charge in [0.2, 0.25) is 0 Å². The lowest BCUT2D eigenvalue weighted by Gasteiger charge is -2.43. The summed E-state index contributed by atoms with van der Waals surface area (Å²) in [5.74, 6) is 0.742. The molecule has 2 aliphatic rings. The zero-order valence-electron chi connectivity index (χ0n) is 15.4. The molecule has 0 saturated carbocycles. The minimum absolute atomic E-state index is 0.216. The van der Waals surface area contributed by atoms with Crippen LogP contribution in [0, 0.1) is 5.92 Å². The number of methoxy groups -OCH3 is 1. The first-order valence-electron chi connectivity index (χ1n) is 9.13. The highest BCUT2D eigenvalue weighted by atomic mass is 16.5. The van der Waals surface area contributed by atoms with Crippen LogP contribution in [0.1, 0.15) is 18.4 Å². The molecule has 0 aliphatic carbocycles. The van der Waals surface area contributed by atoms with E-state index in [-0.39, 0.29) is 18.5 Å². The van der Waals surface area contributed by atoms with E-state index in [2.05, 4.69) is 23.6 Å². The van der Waals surface area contributed by atoms with E-state index in [0.29, 0.717) is 31.4 Å². The largest absolute Gasteiger partial charge is 0.500 e. The van der Waals surface area contributed by atoms with E-state index in [4.69, 9.17) is 14.2 Å². The van der Waals surface area contributed by atoms with Crippen LogP contribution in [0.15, 0.2) is 54.3 Å². The van der Waals surface area contributed by atoms with Crippen molar-refractivity contribution in [1.82, 2.24) is 4.90 Å². The van der Waals surface area contributed by atoms with Gasteiger partial charge in [-0.15, -0.1) is 0 Å². The quantitative estimate of drug-likeness (QED) is 0.529. The van der Waals surface area contributed by atoms with Crippen LogP contribution in [0.25, 0.3) is 0 Å². The van der Waals surface area contributed by atoms with Crippen molar-refractivity contribution in [3.8, 4) is 0 Å². The van der Waals surface area contributed by atoms with Gasteiger partial charge in [-0.3, -0.25) is 4.90 Å². The fourth-order valence-corrected chi connectivity index (χ4v) is 3.79. The van der Waals surface area contributed by atoms with Gasteiger partial charge >= 0.3 is 5.97 Å². The van der Waals surface area contributed by atoms with Crippen molar-refractivity contribution in [2.24, 2.45) is 5.92 Å².